The van der Waals surface area contributed by atoms with Gasteiger partial charge in [-0.1, -0.05) is 18.2 Å². The third kappa shape index (κ3) is 3.29. The van der Waals surface area contributed by atoms with Crippen molar-refractivity contribution < 1.29 is 13.3 Å². The summed E-state index contributed by atoms with van der Waals surface area (Å²) in [6, 6.07) is 13.9. The van der Waals surface area contributed by atoms with Gasteiger partial charge in [0.2, 0.25) is 0 Å². The van der Waals surface area contributed by atoms with Gasteiger partial charge in [-0.3, -0.25) is 14.8 Å². The number of aryl methyl sites for hydroxylation is 1. The molecule has 3 rings (SSSR count). The summed E-state index contributed by atoms with van der Waals surface area (Å²) in [5.74, 6) is 0. The minimum Gasteiger partial charge on any atom is -0.276 e. The van der Waals surface area contributed by atoms with Crippen LogP contribution >= 0.6 is 0 Å². The standard InChI is InChI=1S/C17H16N4O4S/c1-12-17(19-26(24,25)16-6-4-3-5-7-16)13(2)20(18-12)14-8-10-15(11-9-14)21(22)23/h3-11,19H,1-2H3. The van der Waals surface area contributed by atoms with Gasteiger partial charge in [0.25, 0.3) is 15.7 Å². The van der Waals surface area contributed by atoms with E-state index < -0.39 is 14.9 Å². The quantitative estimate of drug-likeness (QED) is 0.547. The van der Waals surface area contributed by atoms with Gasteiger partial charge in [0, 0.05) is 12.1 Å². The molecule has 0 radical (unpaired) electrons. The second kappa shape index (κ2) is 6.60. The summed E-state index contributed by atoms with van der Waals surface area (Å²) in [5, 5.41) is 15.1. The number of sulfonamides is 1. The molecule has 0 saturated carbocycles. The fourth-order valence-corrected chi connectivity index (χ4v) is 3.75. The van der Waals surface area contributed by atoms with Gasteiger partial charge in [0.1, 0.15) is 0 Å². The monoisotopic (exact) mass is 372 g/mol. The Kier molecular flexibility index (Phi) is 4.47. The third-order valence-electron chi connectivity index (χ3n) is 3.89. The summed E-state index contributed by atoms with van der Waals surface area (Å²) in [6.45, 7) is 3.42. The number of anilines is 1. The van der Waals surface area contributed by atoms with E-state index in [1.807, 2.05) is 0 Å². The third-order valence-corrected chi connectivity index (χ3v) is 5.25. The molecule has 8 nitrogen and oxygen atoms in total. The van der Waals surface area contributed by atoms with Crippen molar-refractivity contribution in [2.75, 3.05) is 4.72 Å². The highest BCUT2D eigenvalue weighted by molar-refractivity contribution is 7.92. The van der Waals surface area contributed by atoms with E-state index in [-0.39, 0.29) is 10.6 Å². The molecular formula is C17H16N4O4S. The van der Waals surface area contributed by atoms with E-state index in [4.69, 9.17) is 0 Å². The fourth-order valence-electron chi connectivity index (χ4n) is 2.55. The number of hydrogen-bond acceptors (Lipinski definition) is 5. The molecule has 9 heteroatoms. The van der Waals surface area contributed by atoms with E-state index in [0.717, 1.165) is 0 Å². The van der Waals surface area contributed by atoms with Crippen molar-refractivity contribution in [2.45, 2.75) is 18.7 Å². The Morgan fingerprint density at radius 3 is 2.23 bits per heavy atom. The SMILES string of the molecule is Cc1nn(-c2ccc([N+](=O)[O-])cc2)c(C)c1NS(=O)(=O)c1ccccc1. The number of nitrogens with zero attached hydrogens (tertiary/aromatic N) is 3. The number of benzene rings is 2. The van der Waals surface area contributed by atoms with Crippen LogP contribution in [0.15, 0.2) is 59.5 Å². The lowest BCUT2D eigenvalue weighted by Crippen LogP contribution is -2.14. The van der Waals surface area contributed by atoms with Crippen LogP contribution in [0.3, 0.4) is 0 Å². The van der Waals surface area contributed by atoms with Crippen molar-refractivity contribution in [1.29, 1.82) is 0 Å². The van der Waals surface area contributed by atoms with Gasteiger partial charge in [-0.25, -0.2) is 13.1 Å². The number of rotatable bonds is 5. The zero-order valence-corrected chi connectivity index (χ0v) is 14.9. The molecule has 0 aliphatic rings. The molecule has 26 heavy (non-hydrogen) atoms. The Morgan fingerprint density at radius 2 is 1.65 bits per heavy atom. The van der Waals surface area contributed by atoms with Crippen LogP contribution in [0.25, 0.3) is 5.69 Å². The summed E-state index contributed by atoms with van der Waals surface area (Å²) in [5.41, 5.74) is 2.03. The van der Waals surface area contributed by atoms with Crippen LogP contribution in [0.5, 0.6) is 0 Å². The molecule has 0 spiro atoms. The van der Waals surface area contributed by atoms with Crippen LogP contribution in [0.4, 0.5) is 11.4 Å². The molecule has 134 valence electrons. The summed E-state index contributed by atoms with van der Waals surface area (Å²) < 4.78 is 29.2. The van der Waals surface area contributed by atoms with Crippen LogP contribution in [-0.2, 0) is 10.0 Å². The van der Waals surface area contributed by atoms with Crippen molar-refractivity contribution in [3.63, 3.8) is 0 Å². The molecule has 1 aromatic heterocycles. The first-order chi connectivity index (χ1) is 12.3. The highest BCUT2D eigenvalue weighted by Crippen LogP contribution is 2.26. The van der Waals surface area contributed by atoms with E-state index in [1.54, 1.807) is 48.9 Å². The minimum absolute atomic E-state index is 0.0275. The summed E-state index contributed by atoms with van der Waals surface area (Å²) in [4.78, 5) is 10.4. The Balaban J connectivity index is 1.97. The molecule has 1 N–H and O–H groups in total. The lowest BCUT2D eigenvalue weighted by molar-refractivity contribution is -0.384. The smallest absolute Gasteiger partial charge is 0.269 e. The van der Waals surface area contributed by atoms with Gasteiger partial charge in [0.15, 0.2) is 0 Å². The molecule has 1 heterocycles. The molecule has 0 aliphatic carbocycles. The maximum Gasteiger partial charge on any atom is 0.269 e. The Morgan fingerprint density at radius 1 is 1.04 bits per heavy atom. The van der Waals surface area contributed by atoms with Gasteiger partial charge in [0.05, 0.1) is 32.6 Å². The molecule has 0 saturated heterocycles. The Bertz CT molecular complexity index is 1060. The van der Waals surface area contributed by atoms with Crippen molar-refractivity contribution in [3.8, 4) is 5.69 Å². The topological polar surface area (TPSA) is 107 Å². The number of nitro benzene ring substituents is 1. The van der Waals surface area contributed by atoms with Crippen LogP contribution in [-0.4, -0.2) is 23.1 Å². The van der Waals surface area contributed by atoms with Gasteiger partial charge in [-0.2, -0.15) is 5.10 Å². The zero-order chi connectivity index (χ0) is 18.9. The minimum atomic E-state index is -3.74. The summed E-state index contributed by atoms with van der Waals surface area (Å²) >= 11 is 0. The molecule has 3 aromatic rings. The highest BCUT2D eigenvalue weighted by atomic mass is 32.2. The lowest BCUT2D eigenvalue weighted by Gasteiger charge is -2.09. The second-order valence-corrected chi connectivity index (χ2v) is 7.33. The van der Waals surface area contributed by atoms with Gasteiger partial charge < -0.3 is 0 Å². The largest absolute Gasteiger partial charge is 0.276 e. The fraction of sp³-hybridized carbons (Fsp3) is 0.118. The number of nitrogens with one attached hydrogen (secondary N) is 1. The van der Waals surface area contributed by atoms with Crippen LogP contribution in [0, 0.1) is 24.0 Å². The number of hydrogen-bond donors (Lipinski definition) is 1. The normalized spacial score (nSPS) is 11.3. The van der Waals surface area contributed by atoms with Crippen molar-refractivity contribution >= 4 is 21.4 Å². The van der Waals surface area contributed by atoms with E-state index in [1.165, 1.54) is 24.3 Å². The van der Waals surface area contributed by atoms with Crippen molar-refractivity contribution in [2.24, 2.45) is 0 Å². The molecule has 0 amide bonds. The first kappa shape index (κ1) is 17.6. The van der Waals surface area contributed by atoms with Crippen molar-refractivity contribution in [1.82, 2.24) is 9.78 Å². The van der Waals surface area contributed by atoms with E-state index >= 15 is 0 Å². The van der Waals surface area contributed by atoms with Crippen LogP contribution in [0.1, 0.15) is 11.4 Å². The number of aromatic nitrogens is 2. The number of non-ortho nitro benzene ring substituents is 1. The van der Waals surface area contributed by atoms with Crippen molar-refractivity contribution in [3.05, 3.63) is 76.1 Å². The summed E-state index contributed by atoms with van der Waals surface area (Å²) in [7, 11) is -3.74. The molecular weight excluding hydrogens is 356 g/mol. The average Bonchev–Trinajstić information content (AvgIpc) is 2.90. The molecule has 0 aliphatic heterocycles. The predicted molar refractivity (Wildman–Crippen MR) is 96.9 cm³/mol. The lowest BCUT2D eigenvalue weighted by atomic mass is 10.2. The van der Waals surface area contributed by atoms with Gasteiger partial charge in [-0.05, 0) is 38.1 Å². The van der Waals surface area contributed by atoms with Gasteiger partial charge in [-0.15, -0.1) is 0 Å². The van der Waals surface area contributed by atoms with E-state index in [0.29, 0.717) is 22.8 Å². The predicted octanol–water partition coefficient (Wildman–Crippen LogP) is 3.20. The molecule has 0 atom stereocenters. The Labute approximate surface area is 150 Å². The number of nitro groups is 1. The maximum atomic E-state index is 12.5. The van der Waals surface area contributed by atoms with Gasteiger partial charge >= 0.3 is 0 Å². The molecule has 0 unspecified atom stereocenters. The highest BCUT2D eigenvalue weighted by Gasteiger charge is 2.20. The second-order valence-electron chi connectivity index (χ2n) is 5.65. The molecule has 0 bridgehead atoms. The van der Waals surface area contributed by atoms with E-state index in [2.05, 4.69) is 9.82 Å². The van der Waals surface area contributed by atoms with Crippen LogP contribution < -0.4 is 4.72 Å². The first-order valence-electron chi connectivity index (χ1n) is 7.68. The maximum absolute atomic E-state index is 12.5. The Hall–Kier alpha value is -3.20. The average molecular weight is 372 g/mol. The molecule has 0 fully saturated rings. The zero-order valence-electron chi connectivity index (χ0n) is 14.1. The summed E-state index contributed by atoms with van der Waals surface area (Å²) in [6.07, 6.45) is 0. The van der Waals surface area contributed by atoms with Crippen LogP contribution in [0.2, 0.25) is 0 Å². The van der Waals surface area contributed by atoms with E-state index in [9.17, 15) is 18.5 Å². The molecule has 2 aromatic carbocycles. The first-order valence-corrected chi connectivity index (χ1v) is 9.17.